The lowest BCUT2D eigenvalue weighted by Gasteiger charge is -2.31. The van der Waals surface area contributed by atoms with Gasteiger partial charge < -0.3 is 10.6 Å². The van der Waals surface area contributed by atoms with Gasteiger partial charge in [0, 0.05) is 12.5 Å². The fourth-order valence-corrected chi connectivity index (χ4v) is 2.37. The van der Waals surface area contributed by atoms with Crippen LogP contribution in [0.2, 0.25) is 0 Å². The van der Waals surface area contributed by atoms with E-state index in [9.17, 15) is 0 Å². The van der Waals surface area contributed by atoms with Gasteiger partial charge in [-0.05, 0) is 32.9 Å². The van der Waals surface area contributed by atoms with E-state index in [1.165, 1.54) is 19.4 Å². The number of aryl methyl sites for hydroxylation is 1. The van der Waals surface area contributed by atoms with E-state index >= 15 is 0 Å². The quantitative estimate of drug-likeness (QED) is 0.805. The summed E-state index contributed by atoms with van der Waals surface area (Å²) in [6, 6.07) is 0. The van der Waals surface area contributed by atoms with Gasteiger partial charge in [0.2, 0.25) is 5.95 Å². The molecule has 0 aromatic carbocycles. The third kappa shape index (κ3) is 2.29. The van der Waals surface area contributed by atoms with Crippen LogP contribution in [0, 0.1) is 6.92 Å². The monoisotopic (exact) mass is 221 g/mol. The van der Waals surface area contributed by atoms with E-state index in [-0.39, 0.29) is 5.95 Å². The summed E-state index contributed by atoms with van der Waals surface area (Å²) >= 11 is 0. The first-order valence-corrected chi connectivity index (χ1v) is 5.89. The summed E-state index contributed by atoms with van der Waals surface area (Å²) in [5.74, 6) is 0.735. The smallest absolute Gasteiger partial charge is 0.240 e. The summed E-state index contributed by atoms with van der Waals surface area (Å²) in [4.78, 5) is 6.64. The lowest BCUT2D eigenvalue weighted by molar-refractivity contribution is 0.215. The number of nitrogen functional groups attached to an aromatic ring is 1. The van der Waals surface area contributed by atoms with Gasteiger partial charge in [0.1, 0.15) is 0 Å². The molecule has 0 bridgehead atoms. The molecule has 1 aromatic rings. The topological polar surface area (TPSA) is 67.9 Å². The van der Waals surface area contributed by atoms with Crippen LogP contribution in [-0.2, 0) is 0 Å². The van der Waals surface area contributed by atoms with Gasteiger partial charge in [-0.2, -0.15) is 0 Å². The maximum Gasteiger partial charge on any atom is 0.240 e. The zero-order chi connectivity index (χ0) is 11.5. The predicted molar refractivity (Wildman–Crippen MR) is 63.1 cm³/mol. The molecule has 0 saturated carbocycles. The summed E-state index contributed by atoms with van der Waals surface area (Å²) in [7, 11) is 0. The first-order chi connectivity index (χ1) is 7.70. The number of aromatic nitrogens is 3. The zero-order valence-corrected chi connectivity index (χ0v) is 9.98. The third-order valence-electron chi connectivity index (χ3n) is 3.25. The molecule has 0 radical (unpaired) electrons. The molecule has 0 amide bonds. The number of likely N-dealkylation sites (tertiary alicyclic amines) is 1. The van der Waals surface area contributed by atoms with Gasteiger partial charge in [-0.3, -0.25) is 0 Å². The van der Waals surface area contributed by atoms with E-state index in [2.05, 4.69) is 27.0 Å². The Bertz CT molecular complexity index is 365. The van der Waals surface area contributed by atoms with Crippen molar-refractivity contribution in [3.05, 3.63) is 11.4 Å². The molecule has 2 rings (SSSR count). The molecule has 5 heteroatoms. The molecule has 2 heterocycles. The highest BCUT2D eigenvalue weighted by Crippen LogP contribution is 2.26. The zero-order valence-electron chi connectivity index (χ0n) is 9.98. The Morgan fingerprint density at radius 3 is 2.94 bits per heavy atom. The summed E-state index contributed by atoms with van der Waals surface area (Å²) in [5, 5.41) is 8.07. The molecule has 1 saturated heterocycles. The molecule has 0 aliphatic carbocycles. The summed E-state index contributed by atoms with van der Waals surface area (Å²) in [6.45, 7) is 7.53. The lowest BCUT2D eigenvalue weighted by atomic mass is 9.93. The second-order valence-electron chi connectivity index (χ2n) is 4.37. The molecule has 1 aliphatic heterocycles. The molecule has 5 nitrogen and oxygen atoms in total. The summed E-state index contributed by atoms with van der Waals surface area (Å²) < 4.78 is 0. The molecule has 1 atom stereocenters. The van der Waals surface area contributed by atoms with Gasteiger partial charge in [0.25, 0.3) is 0 Å². The average molecular weight is 221 g/mol. The van der Waals surface area contributed by atoms with Crippen molar-refractivity contribution in [2.24, 2.45) is 0 Å². The molecular formula is C11H19N5. The van der Waals surface area contributed by atoms with Crippen LogP contribution in [0.3, 0.4) is 0 Å². The minimum absolute atomic E-state index is 0.268. The van der Waals surface area contributed by atoms with Crippen LogP contribution in [0.15, 0.2) is 0 Å². The Balaban J connectivity index is 2.16. The molecule has 1 aliphatic rings. The maximum atomic E-state index is 5.52. The average Bonchev–Trinajstić information content (AvgIpc) is 2.29. The molecule has 0 spiro atoms. The SMILES string of the molecule is CCN1CCCC(c2nnc(N)nc2C)C1. The van der Waals surface area contributed by atoms with Crippen LogP contribution >= 0.6 is 0 Å². The molecule has 1 fully saturated rings. The van der Waals surface area contributed by atoms with Gasteiger partial charge in [-0.25, -0.2) is 4.98 Å². The second-order valence-corrected chi connectivity index (χ2v) is 4.37. The van der Waals surface area contributed by atoms with Gasteiger partial charge in [-0.15, -0.1) is 10.2 Å². The fraction of sp³-hybridized carbons (Fsp3) is 0.727. The number of hydrogen-bond donors (Lipinski definition) is 1. The van der Waals surface area contributed by atoms with Crippen molar-refractivity contribution in [3.8, 4) is 0 Å². The maximum absolute atomic E-state index is 5.52. The van der Waals surface area contributed by atoms with E-state index < -0.39 is 0 Å². The van der Waals surface area contributed by atoms with E-state index in [1.807, 2.05) is 6.92 Å². The first-order valence-electron chi connectivity index (χ1n) is 5.89. The van der Waals surface area contributed by atoms with Crippen LogP contribution in [0.1, 0.15) is 37.1 Å². The van der Waals surface area contributed by atoms with E-state index in [1.54, 1.807) is 0 Å². The summed E-state index contributed by atoms with van der Waals surface area (Å²) in [6.07, 6.45) is 2.40. The van der Waals surface area contributed by atoms with Crippen molar-refractivity contribution >= 4 is 5.95 Å². The van der Waals surface area contributed by atoms with Crippen molar-refractivity contribution < 1.29 is 0 Å². The first kappa shape index (κ1) is 11.3. The van der Waals surface area contributed by atoms with E-state index in [0.717, 1.165) is 24.5 Å². The number of likely N-dealkylation sites (N-methyl/N-ethyl adjacent to an activating group) is 1. The van der Waals surface area contributed by atoms with Crippen LogP contribution in [-0.4, -0.2) is 39.7 Å². The van der Waals surface area contributed by atoms with Crippen molar-refractivity contribution in [3.63, 3.8) is 0 Å². The van der Waals surface area contributed by atoms with Crippen LogP contribution in [0.25, 0.3) is 0 Å². The van der Waals surface area contributed by atoms with E-state index in [0.29, 0.717) is 5.92 Å². The van der Waals surface area contributed by atoms with Crippen molar-refractivity contribution in [1.82, 2.24) is 20.1 Å². The number of anilines is 1. The predicted octanol–water partition coefficient (Wildman–Crippen LogP) is 0.962. The molecule has 1 aromatic heterocycles. The third-order valence-corrected chi connectivity index (χ3v) is 3.25. The van der Waals surface area contributed by atoms with Gasteiger partial charge in [0.15, 0.2) is 0 Å². The van der Waals surface area contributed by atoms with Gasteiger partial charge in [0.05, 0.1) is 11.4 Å². The number of piperidine rings is 1. The Morgan fingerprint density at radius 1 is 1.44 bits per heavy atom. The van der Waals surface area contributed by atoms with Crippen LogP contribution in [0.5, 0.6) is 0 Å². The lowest BCUT2D eigenvalue weighted by Crippen LogP contribution is -2.34. The number of hydrogen-bond acceptors (Lipinski definition) is 5. The van der Waals surface area contributed by atoms with Gasteiger partial charge >= 0.3 is 0 Å². The fourth-order valence-electron chi connectivity index (χ4n) is 2.37. The Labute approximate surface area is 96.1 Å². The minimum atomic E-state index is 0.268. The summed E-state index contributed by atoms with van der Waals surface area (Å²) in [5.41, 5.74) is 7.46. The highest BCUT2D eigenvalue weighted by atomic mass is 15.2. The van der Waals surface area contributed by atoms with Crippen LogP contribution < -0.4 is 5.73 Å². The second kappa shape index (κ2) is 4.74. The Hall–Kier alpha value is -1.23. The Kier molecular flexibility index (Phi) is 3.33. The molecule has 1 unspecified atom stereocenters. The number of rotatable bonds is 2. The largest absolute Gasteiger partial charge is 0.366 e. The normalized spacial score (nSPS) is 22.2. The molecule has 88 valence electrons. The minimum Gasteiger partial charge on any atom is -0.366 e. The Morgan fingerprint density at radius 2 is 2.25 bits per heavy atom. The van der Waals surface area contributed by atoms with Crippen molar-refractivity contribution in [2.45, 2.75) is 32.6 Å². The van der Waals surface area contributed by atoms with Crippen molar-refractivity contribution in [2.75, 3.05) is 25.4 Å². The highest BCUT2D eigenvalue weighted by molar-refractivity contribution is 5.21. The standard InChI is InChI=1S/C11H19N5/c1-3-16-6-4-5-9(7-16)10-8(2)13-11(12)15-14-10/h9H,3-7H2,1-2H3,(H2,12,13,15). The van der Waals surface area contributed by atoms with Crippen LogP contribution in [0.4, 0.5) is 5.95 Å². The molecule has 2 N–H and O–H groups in total. The van der Waals surface area contributed by atoms with E-state index in [4.69, 9.17) is 5.73 Å². The molecule has 16 heavy (non-hydrogen) atoms. The van der Waals surface area contributed by atoms with Crippen molar-refractivity contribution in [1.29, 1.82) is 0 Å². The highest BCUT2D eigenvalue weighted by Gasteiger charge is 2.23. The molecular weight excluding hydrogens is 202 g/mol. The number of nitrogens with two attached hydrogens (primary N) is 1. The number of nitrogens with zero attached hydrogens (tertiary/aromatic N) is 4. The van der Waals surface area contributed by atoms with Gasteiger partial charge in [-0.1, -0.05) is 6.92 Å².